The Morgan fingerprint density at radius 3 is 2.62 bits per heavy atom. The van der Waals surface area contributed by atoms with Crippen LogP contribution in [0.15, 0.2) is 51.6 Å². The van der Waals surface area contributed by atoms with E-state index in [1.807, 2.05) is 33.0 Å². The van der Waals surface area contributed by atoms with Crippen LogP contribution in [0, 0.1) is 13.8 Å². The van der Waals surface area contributed by atoms with Crippen LogP contribution in [0.1, 0.15) is 9.75 Å². The first-order valence-electron chi connectivity index (χ1n) is 7.07. The van der Waals surface area contributed by atoms with E-state index in [4.69, 9.17) is 0 Å². The first-order valence-corrected chi connectivity index (χ1v) is 10.2. The topological polar surface area (TPSA) is 76.9 Å². The van der Waals surface area contributed by atoms with Gasteiger partial charge in [-0.25, -0.2) is 8.42 Å². The van der Waals surface area contributed by atoms with Crippen LogP contribution in [0.5, 0.6) is 0 Å². The van der Waals surface area contributed by atoms with Crippen LogP contribution in [0.25, 0.3) is 0 Å². The minimum Gasteiger partial charge on any atom is -0.311 e. The number of sulfonamides is 1. The van der Waals surface area contributed by atoms with E-state index >= 15 is 0 Å². The van der Waals surface area contributed by atoms with Gasteiger partial charge in [0.05, 0.1) is 5.69 Å². The highest BCUT2D eigenvalue weighted by atomic mass is 32.2. The van der Waals surface area contributed by atoms with E-state index in [1.165, 1.54) is 23.1 Å². The molecule has 0 saturated heterocycles. The summed E-state index contributed by atoms with van der Waals surface area (Å²) in [6.45, 7) is 3.71. The molecule has 9 heteroatoms. The molecule has 0 amide bonds. The molecule has 126 valence electrons. The van der Waals surface area contributed by atoms with Gasteiger partial charge in [0.15, 0.2) is 5.16 Å². The predicted molar refractivity (Wildman–Crippen MR) is 96.2 cm³/mol. The van der Waals surface area contributed by atoms with Crippen LogP contribution in [0.3, 0.4) is 0 Å². The number of hydrogen-bond donors (Lipinski definition) is 1. The molecule has 0 aliphatic heterocycles. The average molecular weight is 381 g/mol. The first-order chi connectivity index (χ1) is 11.4. The zero-order chi connectivity index (χ0) is 17.3. The van der Waals surface area contributed by atoms with E-state index in [2.05, 4.69) is 14.9 Å². The fourth-order valence-corrected chi connectivity index (χ4v) is 5.73. The van der Waals surface area contributed by atoms with Crippen LogP contribution in [0.2, 0.25) is 0 Å². The van der Waals surface area contributed by atoms with Gasteiger partial charge in [-0.2, -0.15) is 0 Å². The van der Waals surface area contributed by atoms with Crippen LogP contribution in [-0.2, 0) is 17.1 Å². The van der Waals surface area contributed by atoms with Gasteiger partial charge in [-0.15, -0.1) is 21.5 Å². The Balaban J connectivity index is 1.93. The van der Waals surface area contributed by atoms with E-state index in [-0.39, 0.29) is 0 Å². The van der Waals surface area contributed by atoms with Crippen molar-refractivity contribution in [3.8, 4) is 0 Å². The lowest BCUT2D eigenvalue weighted by molar-refractivity contribution is 0.601. The molecule has 0 fully saturated rings. The van der Waals surface area contributed by atoms with Crippen molar-refractivity contribution in [2.24, 2.45) is 7.05 Å². The van der Waals surface area contributed by atoms with Gasteiger partial charge >= 0.3 is 0 Å². The van der Waals surface area contributed by atoms with E-state index < -0.39 is 10.0 Å². The zero-order valence-electron chi connectivity index (χ0n) is 13.3. The highest BCUT2D eigenvalue weighted by Crippen LogP contribution is 2.34. The quantitative estimate of drug-likeness (QED) is 0.734. The third-order valence-corrected chi connectivity index (χ3v) is 7.00. The number of aromatic nitrogens is 3. The molecule has 0 unspecified atom stereocenters. The number of nitrogens with one attached hydrogen (secondary N) is 1. The largest absolute Gasteiger partial charge is 0.311 e. The molecule has 0 spiro atoms. The molecule has 0 aliphatic rings. The maximum Gasteiger partial charge on any atom is 0.263 e. The molecule has 6 nitrogen and oxygen atoms in total. The monoisotopic (exact) mass is 380 g/mol. The standard InChI is InChI=1S/C15H16N4O2S3/c1-10-8-14(11(2)22-10)24(20,21)18-12-6-4-5-7-13(12)23-15-17-16-9-19(15)3/h4-9,18H,1-3H3. The van der Waals surface area contributed by atoms with E-state index in [1.54, 1.807) is 29.1 Å². The lowest BCUT2D eigenvalue weighted by Crippen LogP contribution is -2.13. The van der Waals surface area contributed by atoms with Gasteiger partial charge in [0, 0.05) is 21.7 Å². The Morgan fingerprint density at radius 1 is 1.25 bits per heavy atom. The normalized spacial score (nSPS) is 11.6. The summed E-state index contributed by atoms with van der Waals surface area (Å²) in [6.07, 6.45) is 1.60. The number of rotatable bonds is 5. The number of anilines is 1. The van der Waals surface area contributed by atoms with Crippen LogP contribution in [-0.4, -0.2) is 23.2 Å². The number of thiophene rings is 1. The fourth-order valence-electron chi connectivity index (χ4n) is 2.18. The summed E-state index contributed by atoms with van der Waals surface area (Å²) in [5.41, 5.74) is 0.522. The average Bonchev–Trinajstić information content (AvgIpc) is 3.07. The van der Waals surface area contributed by atoms with Crippen LogP contribution in [0.4, 0.5) is 5.69 Å². The molecule has 0 aliphatic carbocycles. The van der Waals surface area contributed by atoms with Crippen molar-refractivity contribution in [2.75, 3.05) is 4.72 Å². The maximum absolute atomic E-state index is 12.7. The molecule has 24 heavy (non-hydrogen) atoms. The molecule has 1 aromatic carbocycles. The van der Waals surface area contributed by atoms with Crippen LogP contribution < -0.4 is 4.72 Å². The predicted octanol–water partition coefficient (Wildman–Crippen LogP) is 3.45. The molecule has 0 radical (unpaired) electrons. The second kappa shape index (κ2) is 6.58. The van der Waals surface area contributed by atoms with Gasteiger partial charge in [0.1, 0.15) is 11.2 Å². The van der Waals surface area contributed by atoms with E-state index in [0.29, 0.717) is 15.7 Å². The zero-order valence-corrected chi connectivity index (χ0v) is 15.8. The summed E-state index contributed by atoms with van der Waals surface area (Å²) in [5, 5.41) is 8.55. The summed E-state index contributed by atoms with van der Waals surface area (Å²) < 4.78 is 29.9. The Kier molecular flexibility index (Phi) is 4.66. The second-order valence-electron chi connectivity index (χ2n) is 5.21. The molecule has 3 aromatic rings. The van der Waals surface area contributed by atoms with Gasteiger partial charge in [-0.1, -0.05) is 12.1 Å². The maximum atomic E-state index is 12.7. The fraction of sp³-hybridized carbons (Fsp3) is 0.200. The highest BCUT2D eigenvalue weighted by molar-refractivity contribution is 7.99. The van der Waals surface area contributed by atoms with Gasteiger partial charge in [0.25, 0.3) is 10.0 Å². The third kappa shape index (κ3) is 3.47. The van der Waals surface area contributed by atoms with Crippen molar-refractivity contribution in [3.05, 3.63) is 46.4 Å². The molecular weight excluding hydrogens is 364 g/mol. The number of aryl methyl sites for hydroxylation is 3. The van der Waals surface area contributed by atoms with Crippen molar-refractivity contribution in [2.45, 2.75) is 28.8 Å². The summed E-state index contributed by atoms with van der Waals surface area (Å²) in [4.78, 5) is 2.83. The molecule has 0 bridgehead atoms. The van der Waals surface area contributed by atoms with Gasteiger partial charge in [-0.05, 0) is 43.8 Å². The Hall–Kier alpha value is -1.84. The smallest absolute Gasteiger partial charge is 0.263 e. The molecule has 2 heterocycles. The molecule has 3 rings (SSSR count). The van der Waals surface area contributed by atoms with Crippen molar-refractivity contribution in [1.82, 2.24) is 14.8 Å². The second-order valence-corrected chi connectivity index (χ2v) is 9.33. The first kappa shape index (κ1) is 17.0. The minimum atomic E-state index is -3.63. The summed E-state index contributed by atoms with van der Waals surface area (Å²) in [6, 6.07) is 8.94. The Morgan fingerprint density at radius 2 is 2.00 bits per heavy atom. The molecule has 0 atom stereocenters. The van der Waals surface area contributed by atoms with E-state index in [0.717, 1.165) is 14.6 Å². The van der Waals surface area contributed by atoms with Crippen molar-refractivity contribution >= 4 is 38.8 Å². The molecular formula is C15H16N4O2S3. The number of hydrogen-bond acceptors (Lipinski definition) is 6. The number of nitrogens with zero attached hydrogens (tertiary/aromatic N) is 3. The third-order valence-electron chi connectivity index (χ3n) is 3.29. The van der Waals surface area contributed by atoms with Gasteiger partial charge < -0.3 is 4.57 Å². The lowest BCUT2D eigenvalue weighted by Gasteiger charge is -2.11. The van der Waals surface area contributed by atoms with Gasteiger partial charge in [0.2, 0.25) is 0 Å². The Labute approximate surface area is 149 Å². The molecule has 2 aromatic heterocycles. The minimum absolute atomic E-state index is 0.323. The van der Waals surface area contributed by atoms with E-state index in [9.17, 15) is 8.42 Å². The van der Waals surface area contributed by atoms with Gasteiger partial charge in [-0.3, -0.25) is 4.72 Å². The van der Waals surface area contributed by atoms with Crippen molar-refractivity contribution in [1.29, 1.82) is 0 Å². The van der Waals surface area contributed by atoms with Crippen LogP contribution >= 0.6 is 23.1 Å². The molecule has 0 saturated carbocycles. The van der Waals surface area contributed by atoms with Crippen molar-refractivity contribution in [3.63, 3.8) is 0 Å². The Bertz CT molecular complexity index is 976. The lowest BCUT2D eigenvalue weighted by atomic mass is 10.3. The number of para-hydroxylation sites is 1. The summed E-state index contributed by atoms with van der Waals surface area (Å²) in [7, 11) is -1.79. The van der Waals surface area contributed by atoms with Crippen molar-refractivity contribution < 1.29 is 8.42 Å². The highest BCUT2D eigenvalue weighted by Gasteiger charge is 2.21. The number of benzene rings is 1. The summed E-state index contributed by atoms with van der Waals surface area (Å²) in [5.74, 6) is 0. The SMILES string of the molecule is Cc1cc(S(=O)(=O)Nc2ccccc2Sc2nncn2C)c(C)s1. The summed E-state index contributed by atoms with van der Waals surface area (Å²) >= 11 is 2.83. The molecule has 1 N–H and O–H groups in total.